The highest BCUT2D eigenvalue weighted by Gasteiger charge is 2.49. The molecular formula is C21H21ClN2O4S2. The number of ether oxygens (including phenoxy) is 1. The van der Waals surface area contributed by atoms with Crippen molar-refractivity contribution in [3.63, 3.8) is 0 Å². The Labute approximate surface area is 185 Å². The lowest BCUT2D eigenvalue weighted by atomic mass is 10.1. The number of rotatable bonds is 4. The van der Waals surface area contributed by atoms with Crippen molar-refractivity contribution in [2.45, 2.75) is 24.6 Å². The summed E-state index contributed by atoms with van der Waals surface area (Å²) < 4.78 is 29.6. The molecule has 158 valence electrons. The standard InChI is InChI=1S/C21H21ClN2O4S2/c1-13-3-5-14(6-4-13)9-20(25)23-21-24(15-7-8-18(28-2)16(22)10-15)17-11-30(26,27)12-19(17)29-21/h3-8,10,17,19H,9,11-12H2,1-2H3/t17-,19+/m0/s1. The van der Waals surface area contributed by atoms with Crippen LogP contribution < -0.4 is 9.64 Å². The van der Waals surface area contributed by atoms with Gasteiger partial charge in [0.2, 0.25) is 0 Å². The van der Waals surface area contributed by atoms with E-state index in [0.717, 1.165) is 11.1 Å². The molecule has 1 amide bonds. The first-order chi connectivity index (χ1) is 14.3. The summed E-state index contributed by atoms with van der Waals surface area (Å²) >= 11 is 7.64. The highest BCUT2D eigenvalue weighted by Crippen LogP contribution is 2.42. The number of methoxy groups -OCH3 is 1. The number of anilines is 1. The Bertz CT molecular complexity index is 1120. The number of sulfone groups is 1. The second kappa shape index (κ2) is 8.24. The summed E-state index contributed by atoms with van der Waals surface area (Å²) in [6.45, 7) is 1.99. The summed E-state index contributed by atoms with van der Waals surface area (Å²) in [5.41, 5.74) is 2.71. The number of aliphatic imine (C=N–C) groups is 1. The third-order valence-corrected chi connectivity index (χ3v) is 8.68. The van der Waals surface area contributed by atoms with E-state index in [9.17, 15) is 13.2 Å². The first kappa shape index (κ1) is 21.2. The molecule has 0 aliphatic carbocycles. The lowest BCUT2D eigenvalue weighted by Gasteiger charge is -2.25. The number of thioether (sulfide) groups is 1. The fourth-order valence-electron chi connectivity index (χ4n) is 3.70. The molecule has 4 rings (SSSR count). The number of carbonyl (C=O) groups excluding carboxylic acids is 1. The third-order valence-electron chi connectivity index (χ3n) is 5.18. The zero-order valence-corrected chi connectivity index (χ0v) is 18.9. The van der Waals surface area contributed by atoms with E-state index in [0.29, 0.717) is 21.6 Å². The molecule has 2 aliphatic heterocycles. The second-order valence-electron chi connectivity index (χ2n) is 7.44. The van der Waals surface area contributed by atoms with Crippen LogP contribution in [0.25, 0.3) is 0 Å². The van der Waals surface area contributed by atoms with Crippen molar-refractivity contribution in [1.29, 1.82) is 0 Å². The minimum absolute atomic E-state index is 0.0273. The lowest BCUT2D eigenvalue weighted by Crippen LogP contribution is -2.37. The van der Waals surface area contributed by atoms with Crippen LogP contribution in [0.4, 0.5) is 5.69 Å². The van der Waals surface area contributed by atoms with Gasteiger partial charge in [-0.25, -0.2) is 8.42 Å². The van der Waals surface area contributed by atoms with Gasteiger partial charge in [0, 0.05) is 10.9 Å². The van der Waals surface area contributed by atoms with E-state index < -0.39 is 9.84 Å². The first-order valence-electron chi connectivity index (χ1n) is 9.42. The van der Waals surface area contributed by atoms with Crippen LogP contribution in [0, 0.1) is 6.92 Å². The van der Waals surface area contributed by atoms with Crippen LogP contribution in [0.5, 0.6) is 5.75 Å². The zero-order valence-electron chi connectivity index (χ0n) is 16.5. The van der Waals surface area contributed by atoms with Crippen molar-refractivity contribution in [3.8, 4) is 5.75 Å². The molecular weight excluding hydrogens is 444 g/mol. The van der Waals surface area contributed by atoms with Crippen LogP contribution >= 0.6 is 23.4 Å². The van der Waals surface area contributed by atoms with Gasteiger partial charge in [-0.15, -0.1) is 0 Å². The Morgan fingerprint density at radius 2 is 1.97 bits per heavy atom. The third kappa shape index (κ3) is 4.36. The summed E-state index contributed by atoms with van der Waals surface area (Å²) in [5.74, 6) is 0.360. The van der Waals surface area contributed by atoms with Gasteiger partial charge in [-0.3, -0.25) is 4.79 Å². The number of halogens is 1. The fraction of sp³-hybridized carbons (Fsp3) is 0.333. The maximum atomic E-state index is 12.7. The summed E-state index contributed by atoms with van der Waals surface area (Å²) in [6, 6.07) is 12.7. The number of hydrogen-bond acceptors (Lipinski definition) is 5. The van der Waals surface area contributed by atoms with Crippen molar-refractivity contribution in [2.24, 2.45) is 4.99 Å². The minimum Gasteiger partial charge on any atom is -0.495 e. The van der Waals surface area contributed by atoms with Gasteiger partial charge in [0.25, 0.3) is 5.91 Å². The summed E-state index contributed by atoms with van der Waals surface area (Å²) in [4.78, 5) is 18.8. The van der Waals surface area contributed by atoms with Crippen LogP contribution in [0.1, 0.15) is 11.1 Å². The number of nitrogens with zero attached hydrogens (tertiary/aromatic N) is 2. The van der Waals surface area contributed by atoms with Crippen LogP contribution in [0.3, 0.4) is 0 Å². The van der Waals surface area contributed by atoms with Gasteiger partial charge in [-0.1, -0.05) is 53.2 Å². The fourth-order valence-corrected chi connectivity index (χ4v) is 7.88. The van der Waals surface area contributed by atoms with Crippen molar-refractivity contribution < 1.29 is 17.9 Å². The van der Waals surface area contributed by atoms with Crippen molar-refractivity contribution in [3.05, 3.63) is 58.6 Å². The number of amides is 1. The maximum absolute atomic E-state index is 12.7. The summed E-state index contributed by atoms with van der Waals surface area (Å²) in [5, 5.41) is 0.759. The highest BCUT2D eigenvalue weighted by atomic mass is 35.5. The molecule has 0 saturated carbocycles. The lowest BCUT2D eigenvalue weighted by molar-refractivity contribution is -0.117. The molecule has 9 heteroatoms. The molecule has 2 heterocycles. The van der Waals surface area contributed by atoms with Crippen molar-refractivity contribution in [1.82, 2.24) is 0 Å². The average molecular weight is 465 g/mol. The molecule has 0 bridgehead atoms. The molecule has 6 nitrogen and oxygen atoms in total. The van der Waals surface area contributed by atoms with E-state index in [1.165, 1.54) is 18.9 Å². The Balaban J connectivity index is 1.65. The van der Waals surface area contributed by atoms with Gasteiger partial charge in [0.1, 0.15) is 5.75 Å². The van der Waals surface area contributed by atoms with E-state index in [4.69, 9.17) is 16.3 Å². The smallest absolute Gasteiger partial charge is 0.252 e. The van der Waals surface area contributed by atoms with E-state index in [-0.39, 0.29) is 35.1 Å². The normalized spacial score (nSPS) is 23.6. The van der Waals surface area contributed by atoms with Gasteiger partial charge in [0.15, 0.2) is 15.0 Å². The molecule has 0 unspecified atom stereocenters. The van der Waals surface area contributed by atoms with Crippen LogP contribution in [0.2, 0.25) is 5.02 Å². The monoisotopic (exact) mass is 464 g/mol. The predicted molar refractivity (Wildman–Crippen MR) is 122 cm³/mol. The number of fused-ring (bicyclic) bond motifs is 1. The van der Waals surface area contributed by atoms with E-state index in [1.54, 1.807) is 18.2 Å². The first-order valence-corrected chi connectivity index (χ1v) is 12.5. The number of aryl methyl sites for hydroxylation is 1. The molecule has 0 radical (unpaired) electrons. The molecule has 0 aromatic heterocycles. The molecule has 2 aliphatic rings. The van der Waals surface area contributed by atoms with Gasteiger partial charge in [-0.2, -0.15) is 4.99 Å². The van der Waals surface area contributed by atoms with Gasteiger partial charge >= 0.3 is 0 Å². The van der Waals surface area contributed by atoms with Gasteiger partial charge in [-0.05, 0) is 30.7 Å². The van der Waals surface area contributed by atoms with Gasteiger partial charge < -0.3 is 9.64 Å². The Hall–Kier alpha value is -2.03. The number of hydrogen-bond donors (Lipinski definition) is 0. The average Bonchev–Trinajstić information content (AvgIpc) is 3.14. The van der Waals surface area contributed by atoms with E-state index in [2.05, 4.69) is 4.99 Å². The molecule has 2 aromatic carbocycles. The minimum atomic E-state index is -3.13. The van der Waals surface area contributed by atoms with Crippen molar-refractivity contribution >= 4 is 50.0 Å². The zero-order chi connectivity index (χ0) is 21.5. The highest BCUT2D eigenvalue weighted by molar-refractivity contribution is 8.16. The Morgan fingerprint density at radius 1 is 1.23 bits per heavy atom. The Kier molecular flexibility index (Phi) is 5.83. The number of benzene rings is 2. The molecule has 2 fully saturated rings. The number of carbonyl (C=O) groups is 1. The molecule has 30 heavy (non-hydrogen) atoms. The Morgan fingerprint density at radius 3 is 2.63 bits per heavy atom. The topological polar surface area (TPSA) is 76.0 Å². The maximum Gasteiger partial charge on any atom is 0.252 e. The second-order valence-corrected chi connectivity index (χ2v) is 11.2. The van der Waals surface area contributed by atoms with E-state index >= 15 is 0 Å². The largest absolute Gasteiger partial charge is 0.495 e. The van der Waals surface area contributed by atoms with E-state index in [1.807, 2.05) is 36.1 Å². The quantitative estimate of drug-likeness (QED) is 0.689. The predicted octanol–water partition coefficient (Wildman–Crippen LogP) is 3.50. The van der Waals surface area contributed by atoms with Gasteiger partial charge in [0.05, 0.1) is 36.1 Å². The molecule has 2 atom stereocenters. The summed E-state index contributed by atoms with van der Waals surface area (Å²) in [7, 11) is -1.60. The molecule has 0 spiro atoms. The van der Waals surface area contributed by atoms with Crippen LogP contribution in [-0.4, -0.2) is 49.4 Å². The SMILES string of the molecule is COc1ccc(N2C(=NC(=O)Cc3ccc(C)cc3)S[C@@H]3CS(=O)(=O)C[C@@H]32)cc1Cl. The summed E-state index contributed by atoms with van der Waals surface area (Å²) in [6.07, 6.45) is 0.190. The molecule has 0 N–H and O–H groups in total. The number of amidine groups is 1. The molecule has 2 saturated heterocycles. The van der Waals surface area contributed by atoms with Crippen LogP contribution in [-0.2, 0) is 21.1 Å². The molecule has 2 aromatic rings. The van der Waals surface area contributed by atoms with Crippen LogP contribution in [0.15, 0.2) is 47.5 Å². The van der Waals surface area contributed by atoms with Crippen molar-refractivity contribution in [2.75, 3.05) is 23.5 Å².